The third-order valence-electron chi connectivity index (χ3n) is 3.96. The van der Waals surface area contributed by atoms with Crippen LogP contribution in [0.5, 0.6) is 0 Å². The Morgan fingerprint density at radius 2 is 2.12 bits per heavy atom. The van der Waals surface area contributed by atoms with Crippen molar-refractivity contribution in [1.29, 1.82) is 0 Å². The minimum Gasteiger partial charge on any atom is -0.311 e. The Morgan fingerprint density at radius 3 is 2.81 bits per heavy atom. The Bertz CT molecular complexity index is 206. The van der Waals surface area contributed by atoms with E-state index in [4.69, 9.17) is 0 Å². The lowest BCUT2D eigenvalue weighted by Crippen LogP contribution is -2.56. The largest absolute Gasteiger partial charge is 0.311 e. The number of nitrogens with one attached hydrogen (secondary N) is 1. The van der Waals surface area contributed by atoms with Gasteiger partial charge in [0.1, 0.15) is 0 Å². The Labute approximate surface area is 105 Å². The van der Waals surface area contributed by atoms with E-state index in [0.29, 0.717) is 0 Å². The molecule has 2 atom stereocenters. The molecule has 0 bridgehead atoms. The summed E-state index contributed by atoms with van der Waals surface area (Å²) in [6.07, 6.45) is 7.89. The third kappa shape index (κ3) is 3.64. The Hall–Kier alpha value is 0.270. The molecule has 0 spiro atoms. The van der Waals surface area contributed by atoms with Crippen LogP contribution < -0.4 is 5.32 Å². The van der Waals surface area contributed by atoms with Crippen molar-refractivity contribution in [2.75, 3.05) is 31.6 Å². The number of piperazine rings is 1. The number of rotatable bonds is 6. The zero-order valence-corrected chi connectivity index (χ0v) is 11.6. The fourth-order valence-electron chi connectivity index (χ4n) is 2.64. The molecule has 2 aliphatic rings. The van der Waals surface area contributed by atoms with Gasteiger partial charge in [0.15, 0.2) is 0 Å². The van der Waals surface area contributed by atoms with Crippen molar-refractivity contribution in [1.82, 2.24) is 10.2 Å². The molecule has 2 nitrogen and oxygen atoms in total. The summed E-state index contributed by atoms with van der Waals surface area (Å²) in [7, 11) is 0. The quantitative estimate of drug-likeness (QED) is 0.719. The second-order valence-corrected chi connectivity index (χ2v) is 6.38. The van der Waals surface area contributed by atoms with Gasteiger partial charge in [-0.1, -0.05) is 0 Å². The minimum absolute atomic E-state index is 0.740. The highest BCUT2D eigenvalue weighted by atomic mass is 32.2. The number of hydrogen-bond acceptors (Lipinski definition) is 3. The first kappa shape index (κ1) is 12.7. The Morgan fingerprint density at radius 1 is 1.31 bits per heavy atom. The van der Waals surface area contributed by atoms with Crippen molar-refractivity contribution in [3.05, 3.63) is 0 Å². The molecule has 1 heterocycles. The molecule has 1 saturated heterocycles. The lowest BCUT2D eigenvalue weighted by Gasteiger charge is -2.39. The van der Waals surface area contributed by atoms with Crippen molar-refractivity contribution >= 4 is 11.8 Å². The molecule has 16 heavy (non-hydrogen) atoms. The van der Waals surface area contributed by atoms with E-state index in [0.717, 1.165) is 18.0 Å². The highest BCUT2D eigenvalue weighted by molar-refractivity contribution is 7.98. The third-order valence-corrected chi connectivity index (χ3v) is 4.66. The molecule has 94 valence electrons. The van der Waals surface area contributed by atoms with Crippen LogP contribution in [0.3, 0.4) is 0 Å². The molecule has 2 unspecified atom stereocenters. The zero-order chi connectivity index (χ0) is 11.4. The Balaban J connectivity index is 1.68. The van der Waals surface area contributed by atoms with E-state index in [1.165, 1.54) is 51.1 Å². The predicted octanol–water partition coefficient (Wildman–Crippen LogP) is 2.20. The second kappa shape index (κ2) is 6.27. The van der Waals surface area contributed by atoms with Crippen LogP contribution in [0.4, 0.5) is 0 Å². The zero-order valence-electron chi connectivity index (χ0n) is 10.7. The smallest absolute Gasteiger partial charge is 0.0224 e. The summed E-state index contributed by atoms with van der Waals surface area (Å²) in [5, 5.41) is 3.72. The van der Waals surface area contributed by atoms with Crippen molar-refractivity contribution in [3.8, 4) is 0 Å². The van der Waals surface area contributed by atoms with E-state index < -0.39 is 0 Å². The van der Waals surface area contributed by atoms with Gasteiger partial charge in [-0.15, -0.1) is 0 Å². The fourth-order valence-corrected chi connectivity index (χ4v) is 3.13. The van der Waals surface area contributed by atoms with Crippen LogP contribution in [0.2, 0.25) is 0 Å². The molecule has 0 aromatic rings. The first-order chi connectivity index (χ1) is 7.81. The molecule has 0 amide bonds. The van der Waals surface area contributed by atoms with Gasteiger partial charge in [0, 0.05) is 25.2 Å². The average molecular weight is 242 g/mol. The van der Waals surface area contributed by atoms with Crippen LogP contribution in [0.1, 0.15) is 32.6 Å². The molecule has 0 radical (unpaired) electrons. The van der Waals surface area contributed by atoms with Gasteiger partial charge >= 0.3 is 0 Å². The maximum absolute atomic E-state index is 3.72. The van der Waals surface area contributed by atoms with Gasteiger partial charge < -0.3 is 5.32 Å². The van der Waals surface area contributed by atoms with Crippen molar-refractivity contribution in [2.45, 2.75) is 44.7 Å². The van der Waals surface area contributed by atoms with Crippen molar-refractivity contribution in [3.63, 3.8) is 0 Å². The van der Waals surface area contributed by atoms with Crippen LogP contribution in [-0.2, 0) is 0 Å². The molecule has 1 aliphatic heterocycles. The van der Waals surface area contributed by atoms with Gasteiger partial charge in [0.25, 0.3) is 0 Å². The van der Waals surface area contributed by atoms with Gasteiger partial charge in [-0.2, -0.15) is 11.8 Å². The molecular weight excluding hydrogens is 216 g/mol. The van der Waals surface area contributed by atoms with Crippen LogP contribution >= 0.6 is 11.8 Å². The molecule has 0 aromatic heterocycles. The first-order valence-corrected chi connectivity index (χ1v) is 8.17. The fraction of sp³-hybridized carbons (Fsp3) is 1.00. The molecule has 0 aromatic carbocycles. The normalized spacial score (nSPS) is 31.9. The molecule has 2 rings (SSSR count). The van der Waals surface area contributed by atoms with Gasteiger partial charge in [-0.3, -0.25) is 4.90 Å². The highest BCUT2D eigenvalue weighted by Crippen LogP contribution is 2.34. The summed E-state index contributed by atoms with van der Waals surface area (Å²) in [5.41, 5.74) is 0. The van der Waals surface area contributed by atoms with E-state index in [-0.39, 0.29) is 0 Å². The number of hydrogen-bond donors (Lipinski definition) is 1. The SMILES string of the molecule is CSCCCCN1CC(C2CC2)NCC1C. The van der Waals surface area contributed by atoms with Crippen molar-refractivity contribution < 1.29 is 0 Å². The summed E-state index contributed by atoms with van der Waals surface area (Å²) in [6, 6.07) is 1.54. The average Bonchev–Trinajstić information content (AvgIpc) is 3.10. The standard InChI is InChI=1S/C13H26N2S/c1-11-9-14-13(12-5-6-12)10-15(11)7-3-4-8-16-2/h11-14H,3-10H2,1-2H3. The minimum atomic E-state index is 0.740. The monoisotopic (exact) mass is 242 g/mol. The highest BCUT2D eigenvalue weighted by Gasteiger charge is 2.35. The summed E-state index contributed by atoms with van der Waals surface area (Å²) in [4.78, 5) is 2.71. The van der Waals surface area contributed by atoms with E-state index in [1.807, 2.05) is 11.8 Å². The number of unbranched alkanes of at least 4 members (excludes halogenated alkanes) is 1. The molecule has 1 aliphatic carbocycles. The molecule has 1 N–H and O–H groups in total. The van der Waals surface area contributed by atoms with E-state index in [2.05, 4.69) is 23.4 Å². The molecule has 1 saturated carbocycles. The van der Waals surface area contributed by atoms with Crippen LogP contribution in [-0.4, -0.2) is 48.6 Å². The topological polar surface area (TPSA) is 15.3 Å². The van der Waals surface area contributed by atoms with E-state index >= 15 is 0 Å². The predicted molar refractivity (Wildman–Crippen MR) is 73.2 cm³/mol. The summed E-state index contributed by atoms with van der Waals surface area (Å²) in [6.45, 7) is 6.17. The van der Waals surface area contributed by atoms with Gasteiger partial charge in [-0.05, 0) is 57.1 Å². The molecular formula is C13H26N2S. The van der Waals surface area contributed by atoms with E-state index in [1.54, 1.807) is 0 Å². The summed E-state index contributed by atoms with van der Waals surface area (Å²) < 4.78 is 0. The maximum atomic E-state index is 3.72. The Kier molecular flexibility index (Phi) is 4.98. The maximum Gasteiger partial charge on any atom is 0.0224 e. The van der Waals surface area contributed by atoms with Gasteiger partial charge in [0.2, 0.25) is 0 Å². The van der Waals surface area contributed by atoms with Crippen LogP contribution in [0.25, 0.3) is 0 Å². The lowest BCUT2D eigenvalue weighted by molar-refractivity contribution is 0.131. The molecule has 3 heteroatoms. The lowest BCUT2D eigenvalue weighted by atomic mass is 10.1. The van der Waals surface area contributed by atoms with Crippen molar-refractivity contribution in [2.24, 2.45) is 5.92 Å². The number of thioether (sulfide) groups is 1. The summed E-state index contributed by atoms with van der Waals surface area (Å²) in [5.74, 6) is 2.33. The first-order valence-electron chi connectivity index (χ1n) is 6.77. The van der Waals surface area contributed by atoms with Gasteiger partial charge in [0.05, 0.1) is 0 Å². The van der Waals surface area contributed by atoms with Crippen LogP contribution in [0.15, 0.2) is 0 Å². The summed E-state index contributed by atoms with van der Waals surface area (Å²) >= 11 is 1.97. The van der Waals surface area contributed by atoms with Gasteiger partial charge in [-0.25, -0.2) is 0 Å². The molecule has 2 fully saturated rings. The van der Waals surface area contributed by atoms with E-state index in [9.17, 15) is 0 Å². The number of nitrogens with zero attached hydrogens (tertiary/aromatic N) is 1. The second-order valence-electron chi connectivity index (χ2n) is 5.40. The van der Waals surface area contributed by atoms with Crippen LogP contribution in [0, 0.1) is 5.92 Å².